The molecule has 0 saturated carbocycles. The molecule has 8 nitrogen and oxygen atoms in total. The van der Waals surface area contributed by atoms with Crippen LogP contribution in [0.2, 0.25) is 0 Å². The fourth-order valence-electron chi connectivity index (χ4n) is 2.47. The van der Waals surface area contributed by atoms with Gasteiger partial charge in [-0.2, -0.15) is 0 Å². The standard InChI is InChI=1S/C20H18O8/c1-11-3-7-13(8-4-11)15(21)20(19(26)27,16(22)17(23)24)28-18(25)14-9-5-12(2)6-10-14/h3-10,16,22H,1-2H3,(H,23,24)(H,26,27)/t16-,20-/m0/s1. The summed E-state index contributed by atoms with van der Waals surface area (Å²) < 4.78 is 4.88. The third-order valence-electron chi connectivity index (χ3n) is 4.13. The number of hydrogen-bond donors (Lipinski definition) is 3. The summed E-state index contributed by atoms with van der Waals surface area (Å²) in [6.07, 6.45) is -2.83. The number of hydrogen-bond acceptors (Lipinski definition) is 6. The van der Waals surface area contributed by atoms with Crippen molar-refractivity contribution < 1.29 is 39.2 Å². The summed E-state index contributed by atoms with van der Waals surface area (Å²) in [5, 5.41) is 28.9. The lowest BCUT2D eigenvalue weighted by atomic mass is 9.86. The zero-order valence-electron chi connectivity index (χ0n) is 15.1. The lowest BCUT2D eigenvalue weighted by Gasteiger charge is -2.30. The van der Waals surface area contributed by atoms with E-state index in [1.165, 1.54) is 36.4 Å². The van der Waals surface area contributed by atoms with Gasteiger partial charge < -0.3 is 20.1 Å². The smallest absolute Gasteiger partial charge is 0.360 e. The van der Waals surface area contributed by atoms with Gasteiger partial charge in [-0.05, 0) is 26.0 Å². The van der Waals surface area contributed by atoms with Crippen LogP contribution in [0.15, 0.2) is 48.5 Å². The Morgan fingerprint density at radius 3 is 1.64 bits per heavy atom. The molecule has 0 bridgehead atoms. The maximum Gasteiger partial charge on any atom is 0.360 e. The first kappa shape index (κ1) is 20.8. The molecule has 146 valence electrons. The van der Waals surface area contributed by atoms with E-state index in [9.17, 15) is 29.4 Å². The molecule has 0 unspecified atom stereocenters. The average molecular weight is 386 g/mol. The van der Waals surface area contributed by atoms with Crippen LogP contribution in [0.3, 0.4) is 0 Å². The van der Waals surface area contributed by atoms with Gasteiger partial charge in [0.2, 0.25) is 11.9 Å². The first-order valence-corrected chi connectivity index (χ1v) is 8.15. The summed E-state index contributed by atoms with van der Waals surface area (Å²) in [5.74, 6) is -6.76. The second-order valence-corrected chi connectivity index (χ2v) is 6.23. The monoisotopic (exact) mass is 386 g/mol. The van der Waals surface area contributed by atoms with Gasteiger partial charge in [0.1, 0.15) is 0 Å². The topological polar surface area (TPSA) is 138 Å². The number of carbonyl (C=O) groups is 4. The molecule has 2 aromatic carbocycles. The molecule has 0 aliphatic rings. The molecule has 0 amide bonds. The highest BCUT2D eigenvalue weighted by molar-refractivity contribution is 6.19. The van der Waals surface area contributed by atoms with Crippen LogP contribution >= 0.6 is 0 Å². The van der Waals surface area contributed by atoms with Crippen LogP contribution in [0.5, 0.6) is 0 Å². The molecule has 3 N–H and O–H groups in total. The summed E-state index contributed by atoms with van der Waals surface area (Å²) in [6, 6.07) is 11.3. The molecule has 2 atom stereocenters. The lowest BCUT2D eigenvalue weighted by Crippen LogP contribution is -2.61. The molecular weight excluding hydrogens is 368 g/mol. The predicted octanol–water partition coefficient (Wildman–Crippen LogP) is 1.61. The van der Waals surface area contributed by atoms with Crippen LogP contribution < -0.4 is 0 Å². The fraction of sp³-hybridized carbons (Fsp3) is 0.200. The molecule has 0 spiro atoms. The number of ketones is 1. The van der Waals surface area contributed by atoms with Crippen molar-refractivity contribution in [1.82, 2.24) is 0 Å². The lowest BCUT2D eigenvalue weighted by molar-refractivity contribution is -0.176. The summed E-state index contributed by atoms with van der Waals surface area (Å²) in [6.45, 7) is 3.48. The Morgan fingerprint density at radius 1 is 0.821 bits per heavy atom. The van der Waals surface area contributed by atoms with E-state index >= 15 is 0 Å². The van der Waals surface area contributed by atoms with Crippen molar-refractivity contribution in [1.29, 1.82) is 0 Å². The maximum atomic E-state index is 12.9. The van der Waals surface area contributed by atoms with Gasteiger partial charge in [0.05, 0.1) is 5.56 Å². The average Bonchev–Trinajstić information content (AvgIpc) is 2.65. The van der Waals surface area contributed by atoms with Crippen LogP contribution in [-0.2, 0) is 14.3 Å². The number of carboxylic acids is 2. The first-order chi connectivity index (χ1) is 13.1. The number of esters is 1. The van der Waals surface area contributed by atoms with Crippen molar-refractivity contribution in [3.63, 3.8) is 0 Å². The van der Waals surface area contributed by atoms with E-state index < -0.39 is 35.4 Å². The Hall–Kier alpha value is -3.52. The Balaban J connectivity index is 2.56. The van der Waals surface area contributed by atoms with Crippen LogP contribution in [0.1, 0.15) is 31.8 Å². The minimum Gasteiger partial charge on any atom is -0.479 e. The Labute approximate surface area is 160 Å². The minimum atomic E-state index is -3.36. The van der Waals surface area contributed by atoms with Crippen LogP contribution in [-0.4, -0.2) is 50.7 Å². The number of aliphatic carboxylic acids is 2. The Morgan fingerprint density at radius 2 is 1.25 bits per heavy atom. The largest absolute Gasteiger partial charge is 0.479 e. The van der Waals surface area contributed by atoms with Crippen LogP contribution in [0, 0.1) is 13.8 Å². The predicted molar refractivity (Wildman–Crippen MR) is 96.1 cm³/mol. The fourth-order valence-corrected chi connectivity index (χ4v) is 2.47. The molecule has 0 aromatic heterocycles. The van der Waals surface area contributed by atoms with E-state index in [2.05, 4.69) is 0 Å². The zero-order valence-corrected chi connectivity index (χ0v) is 15.1. The second kappa shape index (κ2) is 8.01. The number of carbonyl (C=O) groups excluding carboxylic acids is 2. The highest BCUT2D eigenvalue weighted by atomic mass is 16.6. The number of benzene rings is 2. The van der Waals surface area contributed by atoms with Gasteiger partial charge in [-0.25, -0.2) is 14.4 Å². The van der Waals surface area contributed by atoms with Gasteiger partial charge in [-0.3, -0.25) is 4.79 Å². The summed E-state index contributed by atoms with van der Waals surface area (Å²) >= 11 is 0. The molecular formula is C20H18O8. The summed E-state index contributed by atoms with van der Waals surface area (Å²) in [4.78, 5) is 48.7. The van der Waals surface area contributed by atoms with Gasteiger partial charge in [0, 0.05) is 5.56 Å². The number of aliphatic hydroxyl groups is 1. The van der Waals surface area contributed by atoms with E-state index in [-0.39, 0.29) is 11.1 Å². The number of carboxylic acid groups (broad SMARTS) is 2. The van der Waals surface area contributed by atoms with Gasteiger partial charge in [-0.1, -0.05) is 47.5 Å². The Bertz CT molecular complexity index is 914. The van der Waals surface area contributed by atoms with Crippen molar-refractivity contribution in [2.75, 3.05) is 0 Å². The number of aliphatic hydroxyl groups excluding tert-OH is 1. The van der Waals surface area contributed by atoms with Crippen molar-refractivity contribution in [2.45, 2.75) is 25.6 Å². The SMILES string of the molecule is Cc1ccc(C(=O)O[C@@](C(=O)O)(C(=O)c2ccc(C)cc2)[C@@H](O)C(=O)O)cc1. The van der Waals surface area contributed by atoms with Crippen molar-refractivity contribution in [3.05, 3.63) is 70.8 Å². The molecule has 2 aromatic rings. The summed E-state index contributed by atoms with van der Waals surface area (Å²) in [5.41, 5.74) is -2.13. The third-order valence-corrected chi connectivity index (χ3v) is 4.13. The summed E-state index contributed by atoms with van der Waals surface area (Å²) in [7, 11) is 0. The van der Waals surface area contributed by atoms with Crippen LogP contribution in [0.25, 0.3) is 0 Å². The van der Waals surface area contributed by atoms with Crippen molar-refractivity contribution >= 4 is 23.7 Å². The minimum absolute atomic E-state index is 0.106. The van der Waals surface area contributed by atoms with Crippen LogP contribution in [0.4, 0.5) is 0 Å². The van der Waals surface area contributed by atoms with E-state index in [0.29, 0.717) is 0 Å². The molecule has 28 heavy (non-hydrogen) atoms. The van der Waals surface area contributed by atoms with E-state index in [1.54, 1.807) is 26.0 Å². The molecule has 8 heteroatoms. The highest BCUT2D eigenvalue weighted by Crippen LogP contribution is 2.26. The molecule has 0 radical (unpaired) electrons. The van der Waals surface area contributed by atoms with Gasteiger partial charge in [0.15, 0.2) is 0 Å². The third kappa shape index (κ3) is 3.91. The highest BCUT2D eigenvalue weighted by Gasteiger charge is 2.59. The molecule has 0 saturated heterocycles. The zero-order chi connectivity index (χ0) is 21.1. The molecule has 0 aliphatic carbocycles. The molecule has 0 aliphatic heterocycles. The van der Waals surface area contributed by atoms with E-state index in [4.69, 9.17) is 9.84 Å². The molecule has 2 rings (SSSR count). The number of ether oxygens (including phenoxy) is 1. The maximum absolute atomic E-state index is 12.9. The second-order valence-electron chi connectivity index (χ2n) is 6.23. The number of rotatable bonds is 7. The quantitative estimate of drug-likeness (QED) is 0.371. The van der Waals surface area contributed by atoms with Gasteiger partial charge in [-0.15, -0.1) is 0 Å². The number of Topliss-reactive ketones (excluding diaryl/α,β-unsaturated/α-hetero) is 1. The van der Waals surface area contributed by atoms with Crippen molar-refractivity contribution in [3.8, 4) is 0 Å². The van der Waals surface area contributed by atoms with E-state index in [1.807, 2.05) is 0 Å². The van der Waals surface area contributed by atoms with Crippen molar-refractivity contribution in [2.24, 2.45) is 0 Å². The van der Waals surface area contributed by atoms with E-state index in [0.717, 1.165) is 11.1 Å². The molecule has 0 heterocycles. The van der Waals surface area contributed by atoms with Gasteiger partial charge in [0.25, 0.3) is 0 Å². The first-order valence-electron chi connectivity index (χ1n) is 8.15. The van der Waals surface area contributed by atoms with Gasteiger partial charge >= 0.3 is 23.5 Å². The molecule has 0 fully saturated rings. The number of aryl methyl sites for hydroxylation is 2. The normalized spacial score (nSPS) is 13.8. The Kier molecular flexibility index (Phi) is 5.95.